The molecule has 0 atom stereocenters. The van der Waals surface area contributed by atoms with Gasteiger partial charge in [0.1, 0.15) is 6.54 Å². The number of carbonyl (C=O) groups excluding carboxylic acids is 1. The van der Waals surface area contributed by atoms with Crippen LogP contribution in [0.15, 0.2) is 54.6 Å². The number of hydrogen-bond donors (Lipinski definition) is 0. The highest BCUT2D eigenvalue weighted by atomic mass is 32.2. The monoisotopic (exact) mass is 470 g/mol. The Kier molecular flexibility index (Phi) is 6.99. The van der Waals surface area contributed by atoms with Gasteiger partial charge in [-0.05, 0) is 30.3 Å². The molecule has 3 rings (SSSR count). The van der Waals surface area contributed by atoms with Gasteiger partial charge in [0.15, 0.2) is 0 Å². The maximum atomic E-state index is 13.0. The summed E-state index contributed by atoms with van der Waals surface area (Å²) in [5.41, 5.74) is 0.0890. The molecule has 32 heavy (non-hydrogen) atoms. The molecule has 1 aliphatic heterocycles. The third kappa shape index (κ3) is 5.33. The lowest BCUT2D eigenvalue weighted by atomic mass is 10.1. The number of hydrogen-bond acceptors (Lipinski definition) is 4. The van der Waals surface area contributed by atoms with Crippen LogP contribution in [-0.2, 0) is 21.2 Å². The Morgan fingerprint density at radius 2 is 1.59 bits per heavy atom. The van der Waals surface area contributed by atoms with E-state index in [1.165, 1.54) is 25.1 Å². The maximum absolute atomic E-state index is 13.0. The van der Waals surface area contributed by atoms with Crippen molar-refractivity contribution in [2.45, 2.75) is 6.18 Å². The van der Waals surface area contributed by atoms with Crippen molar-refractivity contribution in [3.8, 4) is 0 Å². The maximum Gasteiger partial charge on any atom is 0.416 e. The molecule has 7 nitrogen and oxygen atoms in total. The van der Waals surface area contributed by atoms with Crippen molar-refractivity contribution in [2.24, 2.45) is 0 Å². The predicted molar refractivity (Wildman–Crippen MR) is 117 cm³/mol. The molecule has 0 radical (unpaired) electrons. The molecule has 1 saturated heterocycles. The molecule has 0 bridgehead atoms. The largest absolute Gasteiger partial charge is 0.416 e. The number of benzene rings is 2. The van der Waals surface area contributed by atoms with Gasteiger partial charge < -0.3 is 9.80 Å². The first-order chi connectivity index (χ1) is 15.0. The van der Waals surface area contributed by atoms with Gasteiger partial charge in [-0.2, -0.15) is 25.9 Å². The fourth-order valence-corrected chi connectivity index (χ4v) is 4.47. The van der Waals surface area contributed by atoms with Gasteiger partial charge >= 0.3 is 16.4 Å². The molecule has 11 heteroatoms. The van der Waals surface area contributed by atoms with Crippen LogP contribution in [0.4, 0.5) is 24.5 Å². The SMILES string of the molecule is CN(C)S(=O)(=O)N(CC(=O)N1CCN(c2cccc(C(F)(F)F)c2)CC1)c1ccccc1. The number of amides is 1. The van der Waals surface area contributed by atoms with Crippen molar-refractivity contribution in [2.75, 3.05) is 56.0 Å². The lowest BCUT2D eigenvalue weighted by molar-refractivity contribution is -0.137. The fourth-order valence-electron chi connectivity index (χ4n) is 3.41. The predicted octanol–water partition coefficient (Wildman–Crippen LogP) is 2.67. The zero-order chi connectivity index (χ0) is 23.5. The lowest BCUT2D eigenvalue weighted by Gasteiger charge is -2.37. The average Bonchev–Trinajstić information content (AvgIpc) is 2.77. The summed E-state index contributed by atoms with van der Waals surface area (Å²) in [5, 5.41) is 0. The van der Waals surface area contributed by atoms with Gasteiger partial charge in [0.2, 0.25) is 5.91 Å². The van der Waals surface area contributed by atoms with Gasteiger partial charge in [-0.25, -0.2) is 4.31 Å². The van der Waals surface area contributed by atoms with Crippen molar-refractivity contribution < 1.29 is 26.4 Å². The Morgan fingerprint density at radius 1 is 0.969 bits per heavy atom. The summed E-state index contributed by atoms with van der Waals surface area (Å²) in [5.74, 6) is -0.372. The second-order valence-corrected chi connectivity index (χ2v) is 9.62. The number of para-hydroxylation sites is 1. The first-order valence-electron chi connectivity index (χ1n) is 9.95. The topological polar surface area (TPSA) is 64.2 Å². The third-order valence-corrected chi connectivity index (χ3v) is 7.05. The summed E-state index contributed by atoms with van der Waals surface area (Å²) in [6, 6.07) is 13.4. The van der Waals surface area contributed by atoms with E-state index in [1.807, 2.05) is 0 Å². The van der Waals surface area contributed by atoms with Gasteiger partial charge in [0, 0.05) is 46.0 Å². The molecule has 0 N–H and O–H groups in total. The summed E-state index contributed by atoms with van der Waals surface area (Å²) in [7, 11) is -1.11. The van der Waals surface area contributed by atoms with Crippen LogP contribution in [0.25, 0.3) is 0 Å². The number of piperazine rings is 1. The Labute approximate surface area is 185 Å². The number of halogens is 3. The minimum absolute atomic E-state index is 0.278. The molecule has 174 valence electrons. The molecule has 2 aromatic rings. The summed E-state index contributed by atoms with van der Waals surface area (Å²) < 4.78 is 66.6. The van der Waals surface area contributed by atoms with E-state index in [0.717, 1.165) is 20.7 Å². The number of rotatable bonds is 6. The highest BCUT2D eigenvalue weighted by Gasteiger charge is 2.32. The van der Waals surface area contributed by atoms with E-state index < -0.39 is 21.9 Å². The highest BCUT2D eigenvalue weighted by molar-refractivity contribution is 7.90. The molecule has 0 aromatic heterocycles. The molecule has 1 amide bonds. The van der Waals surface area contributed by atoms with Gasteiger partial charge in [-0.3, -0.25) is 4.79 Å². The standard InChI is InChI=1S/C21H25F3N4O3S/c1-25(2)32(30,31)28(18-8-4-3-5-9-18)16-20(29)27-13-11-26(12-14-27)19-10-6-7-17(15-19)21(22,23)24/h3-10,15H,11-14,16H2,1-2H3. The van der Waals surface area contributed by atoms with E-state index in [4.69, 9.17) is 0 Å². The van der Waals surface area contributed by atoms with Crippen LogP contribution in [0, 0.1) is 0 Å². The van der Waals surface area contributed by atoms with Crippen LogP contribution in [0.5, 0.6) is 0 Å². The summed E-state index contributed by atoms with van der Waals surface area (Å²) in [6.07, 6.45) is -4.42. The number of carbonyl (C=O) groups is 1. The molecule has 0 spiro atoms. The van der Waals surface area contributed by atoms with Crippen LogP contribution in [-0.4, -0.2) is 70.3 Å². The quantitative estimate of drug-likeness (QED) is 0.651. The van der Waals surface area contributed by atoms with Gasteiger partial charge in [0.05, 0.1) is 11.3 Å². The van der Waals surface area contributed by atoms with E-state index in [2.05, 4.69) is 0 Å². The summed E-state index contributed by atoms with van der Waals surface area (Å²) in [6.45, 7) is 0.880. The number of nitrogens with zero attached hydrogens (tertiary/aromatic N) is 4. The van der Waals surface area contributed by atoms with Crippen LogP contribution < -0.4 is 9.21 Å². The van der Waals surface area contributed by atoms with Crippen LogP contribution in [0.3, 0.4) is 0 Å². The first kappa shape index (κ1) is 23.9. The fraction of sp³-hybridized carbons (Fsp3) is 0.381. The Bertz CT molecular complexity index is 1040. The molecule has 1 heterocycles. The van der Waals surface area contributed by atoms with Crippen molar-refractivity contribution >= 4 is 27.5 Å². The molecule has 1 aliphatic rings. The van der Waals surface area contributed by atoms with E-state index >= 15 is 0 Å². The average molecular weight is 471 g/mol. The van der Waals surface area contributed by atoms with Crippen molar-refractivity contribution in [1.29, 1.82) is 0 Å². The number of alkyl halides is 3. The van der Waals surface area contributed by atoms with Gasteiger partial charge in [0.25, 0.3) is 0 Å². The third-order valence-electron chi connectivity index (χ3n) is 5.23. The zero-order valence-corrected chi connectivity index (χ0v) is 18.6. The Hall–Kier alpha value is -2.79. The molecule has 0 saturated carbocycles. The molecular weight excluding hydrogens is 445 g/mol. The Balaban J connectivity index is 1.69. The van der Waals surface area contributed by atoms with Crippen LogP contribution >= 0.6 is 0 Å². The second-order valence-electron chi connectivity index (χ2n) is 7.55. The Morgan fingerprint density at radius 3 is 2.16 bits per heavy atom. The van der Waals surface area contributed by atoms with Crippen LogP contribution in [0.1, 0.15) is 5.56 Å². The lowest BCUT2D eigenvalue weighted by Crippen LogP contribution is -2.53. The summed E-state index contributed by atoms with van der Waals surface area (Å²) in [4.78, 5) is 16.2. The van der Waals surface area contributed by atoms with Gasteiger partial charge in [-0.15, -0.1) is 0 Å². The molecule has 1 fully saturated rings. The van der Waals surface area contributed by atoms with E-state index in [0.29, 0.717) is 24.5 Å². The normalized spacial score (nSPS) is 15.2. The minimum atomic E-state index is -4.42. The molecule has 0 aliphatic carbocycles. The molecule has 0 unspecified atom stereocenters. The molecule has 2 aromatic carbocycles. The highest BCUT2D eigenvalue weighted by Crippen LogP contribution is 2.32. The van der Waals surface area contributed by atoms with Crippen LogP contribution in [0.2, 0.25) is 0 Å². The van der Waals surface area contributed by atoms with Crippen molar-refractivity contribution in [1.82, 2.24) is 9.21 Å². The number of anilines is 2. The van der Waals surface area contributed by atoms with E-state index in [-0.39, 0.29) is 25.5 Å². The van der Waals surface area contributed by atoms with Gasteiger partial charge in [-0.1, -0.05) is 24.3 Å². The smallest absolute Gasteiger partial charge is 0.368 e. The summed E-state index contributed by atoms with van der Waals surface area (Å²) >= 11 is 0. The molecular formula is C21H25F3N4O3S. The van der Waals surface area contributed by atoms with E-state index in [1.54, 1.807) is 41.3 Å². The first-order valence-corrected chi connectivity index (χ1v) is 11.3. The zero-order valence-electron chi connectivity index (χ0n) is 17.8. The van der Waals surface area contributed by atoms with E-state index in [9.17, 15) is 26.4 Å². The van der Waals surface area contributed by atoms with Crippen molar-refractivity contribution in [3.63, 3.8) is 0 Å². The second kappa shape index (κ2) is 9.37. The minimum Gasteiger partial charge on any atom is -0.368 e. The van der Waals surface area contributed by atoms with Crippen molar-refractivity contribution in [3.05, 3.63) is 60.2 Å².